The highest BCUT2D eigenvalue weighted by Crippen LogP contribution is 2.30. The minimum absolute atomic E-state index is 0.550. The van der Waals surface area contributed by atoms with E-state index in [9.17, 15) is 0 Å². The molecule has 0 unspecified atom stereocenters. The summed E-state index contributed by atoms with van der Waals surface area (Å²) in [4.78, 5) is 8.20. The molecule has 2 aromatic rings. The summed E-state index contributed by atoms with van der Waals surface area (Å²) in [5.41, 5.74) is 7.05. The first-order chi connectivity index (χ1) is 8.83. The van der Waals surface area contributed by atoms with E-state index in [1.54, 1.807) is 11.3 Å². The van der Waals surface area contributed by atoms with Crippen molar-refractivity contribution in [3.63, 3.8) is 0 Å². The van der Waals surface area contributed by atoms with Gasteiger partial charge in [-0.05, 0) is 25.7 Å². The molecule has 1 fully saturated rings. The van der Waals surface area contributed by atoms with E-state index in [0.29, 0.717) is 6.54 Å². The van der Waals surface area contributed by atoms with Crippen molar-refractivity contribution in [1.29, 1.82) is 0 Å². The molecule has 18 heavy (non-hydrogen) atoms. The molecular formula is C13H20N4S. The fourth-order valence-corrected chi connectivity index (χ4v) is 3.34. The van der Waals surface area contributed by atoms with Crippen molar-refractivity contribution in [2.45, 2.75) is 32.7 Å². The van der Waals surface area contributed by atoms with E-state index < -0.39 is 0 Å². The predicted octanol–water partition coefficient (Wildman–Crippen LogP) is 2.48. The Morgan fingerprint density at radius 2 is 2.39 bits per heavy atom. The molecule has 2 N–H and O–H groups in total. The Bertz CT molecular complexity index is 526. The van der Waals surface area contributed by atoms with Gasteiger partial charge in [-0.1, -0.05) is 6.42 Å². The number of thiazole rings is 1. The normalized spacial score (nSPS) is 16.1. The Morgan fingerprint density at radius 3 is 3.00 bits per heavy atom. The summed E-state index contributed by atoms with van der Waals surface area (Å²) in [6.07, 6.45) is 6.20. The molecule has 0 spiro atoms. The van der Waals surface area contributed by atoms with Crippen molar-refractivity contribution in [3.8, 4) is 0 Å². The lowest BCUT2D eigenvalue weighted by molar-refractivity contribution is 0.318. The van der Waals surface area contributed by atoms with Gasteiger partial charge in [0.15, 0.2) is 10.8 Å². The second-order valence-corrected chi connectivity index (χ2v) is 5.85. The van der Waals surface area contributed by atoms with Crippen LogP contribution in [-0.2, 0) is 6.54 Å². The highest BCUT2D eigenvalue weighted by atomic mass is 32.1. The Hall–Kier alpha value is -1.07. The lowest BCUT2D eigenvalue weighted by atomic mass is 9.85. The molecule has 0 bridgehead atoms. The number of aromatic nitrogens is 2. The largest absolute Gasteiger partial charge is 0.355 e. The topological polar surface area (TPSA) is 46.6 Å². The first-order valence-electron chi connectivity index (χ1n) is 6.73. The maximum Gasteiger partial charge on any atom is 0.195 e. The zero-order chi connectivity index (χ0) is 12.5. The van der Waals surface area contributed by atoms with Crippen LogP contribution < -0.4 is 10.6 Å². The molecule has 2 aromatic heterocycles. The molecule has 0 radical (unpaired) electrons. The van der Waals surface area contributed by atoms with Gasteiger partial charge in [0.05, 0.1) is 5.69 Å². The van der Waals surface area contributed by atoms with Crippen LogP contribution >= 0.6 is 11.3 Å². The average molecular weight is 264 g/mol. The molecule has 0 aromatic carbocycles. The molecule has 2 heterocycles. The minimum atomic E-state index is 0.550. The maximum absolute atomic E-state index is 5.91. The summed E-state index contributed by atoms with van der Waals surface area (Å²) in [7, 11) is 0. The Morgan fingerprint density at radius 1 is 1.56 bits per heavy atom. The Kier molecular flexibility index (Phi) is 3.26. The van der Waals surface area contributed by atoms with Crippen molar-refractivity contribution < 1.29 is 0 Å². The van der Waals surface area contributed by atoms with Crippen molar-refractivity contribution >= 4 is 22.1 Å². The SMILES string of the molecule is CCN(CC1CCC1)c1nc2sccn2c1CN. The van der Waals surface area contributed by atoms with E-state index in [1.165, 1.54) is 19.3 Å². The first kappa shape index (κ1) is 12.0. The van der Waals surface area contributed by atoms with E-state index in [2.05, 4.69) is 27.8 Å². The van der Waals surface area contributed by atoms with Crippen LogP contribution in [0.15, 0.2) is 11.6 Å². The molecule has 5 heteroatoms. The molecule has 1 aliphatic carbocycles. The number of hydrogen-bond acceptors (Lipinski definition) is 4. The van der Waals surface area contributed by atoms with Crippen LogP contribution in [0.1, 0.15) is 31.9 Å². The van der Waals surface area contributed by atoms with Crippen LogP contribution in [0.5, 0.6) is 0 Å². The van der Waals surface area contributed by atoms with E-state index in [1.807, 2.05) is 0 Å². The van der Waals surface area contributed by atoms with E-state index in [0.717, 1.165) is 35.5 Å². The highest BCUT2D eigenvalue weighted by molar-refractivity contribution is 7.15. The molecule has 0 amide bonds. The van der Waals surface area contributed by atoms with Gasteiger partial charge in [-0.15, -0.1) is 11.3 Å². The lowest BCUT2D eigenvalue weighted by Crippen LogP contribution is -2.33. The Labute approximate surface area is 111 Å². The third kappa shape index (κ3) is 1.91. The van der Waals surface area contributed by atoms with E-state index in [-0.39, 0.29) is 0 Å². The second kappa shape index (κ2) is 4.90. The summed E-state index contributed by atoms with van der Waals surface area (Å²) < 4.78 is 2.13. The number of nitrogens with zero attached hydrogens (tertiary/aromatic N) is 3. The molecule has 0 atom stereocenters. The average Bonchev–Trinajstić information content (AvgIpc) is 2.87. The van der Waals surface area contributed by atoms with Gasteiger partial charge in [0.2, 0.25) is 0 Å². The zero-order valence-corrected chi connectivity index (χ0v) is 11.6. The lowest BCUT2D eigenvalue weighted by Gasteiger charge is -2.32. The van der Waals surface area contributed by atoms with Crippen LogP contribution in [0.3, 0.4) is 0 Å². The number of nitrogens with two attached hydrogens (primary N) is 1. The minimum Gasteiger partial charge on any atom is -0.355 e. The van der Waals surface area contributed by atoms with Crippen LogP contribution in [-0.4, -0.2) is 22.5 Å². The van der Waals surface area contributed by atoms with Crippen molar-refractivity contribution in [1.82, 2.24) is 9.38 Å². The van der Waals surface area contributed by atoms with Gasteiger partial charge in [0, 0.05) is 31.2 Å². The van der Waals surface area contributed by atoms with Crippen LogP contribution in [0, 0.1) is 5.92 Å². The number of rotatable bonds is 5. The van der Waals surface area contributed by atoms with E-state index in [4.69, 9.17) is 10.7 Å². The molecule has 1 aliphatic rings. The number of anilines is 1. The van der Waals surface area contributed by atoms with Crippen molar-refractivity contribution in [3.05, 3.63) is 17.3 Å². The third-order valence-corrected chi connectivity index (χ3v) is 4.67. The van der Waals surface area contributed by atoms with Gasteiger partial charge in [-0.2, -0.15) is 0 Å². The van der Waals surface area contributed by atoms with Crippen molar-refractivity contribution in [2.75, 3.05) is 18.0 Å². The molecule has 3 rings (SSSR count). The van der Waals surface area contributed by atoms with Gasteiger partial charge in [0.25, 0.3) is 0 Å². The molecule has 98 valence electrons. The predicted molar refractivity (Wildman–Crippen MR) is 76.2 cm³/mol. The molecule has 0 saturated heterocycles. The summed E-state index contributed by atoms with van der Waals surface area (Å²) in [6.45, 7) is 4.89. The maximum atomic E-state index is 5.91. The fourth-order valence-electron chi connectivity index (χ4n) is 2.62. The van der Waals surface area contributed by atoms with Gasteiger partial charge in [0.1, 0.15) is 0 Å². The third-order valence-electron chi connectivity index (χ3n) is 3.92. The number of hydrogen-bond donors (Lipinski definition) is 1. The Balaban J connectivity index is 1.91. The summed E-state index contributed by atoms with van der Waals surface area (Å²) in [5.74, 6) is 1.95. The fraction of sp³-hybridized carbons (Fsp3) is 0.615. The molecule has 4 nitrogen and oxygen atoms in total. The van der Waals surface area contributed by atoms with Crippen molar-refractivity contribution in [2.24, 2.45) is 11.7 Å². The smallest absolute Gasteiger partial charge is 0.195 e. The van der Waals surface area contributed by atoms with Crippen LogP contribution in [0.2, 0.25) is 0 Å². The van der Waals surface area contributed by atoms with Crippen LogP contribution in [0.25, 0.3) is 4.96 Å². The highest BCUT2D eigenvalue weighted by Gasteiger charge is 2.23. The van der Waals surface area contributed by atoms with Gasteiger partial charge in [-0.3, -0.25) is 4.40 Å². The summed E-state index contributed by atoms with van der Waals surface area (Å²) >= 11 is 1.67. The molecular weight excluding hydrogens is 244 g/mol. The molecule has 0 aliphatic heterocycles. The zero-order valence-electron chi connectivity index (χ0n) is 10.8. The van der Waals surface area contributed by atoms with Gasteiger partial charge < -0.3 is 10.6 Å². The first-order valence-corrected chi connectivity index (χ1v) is 7.61. The quantitative estimate of drug-likeness (QED) is 0.902. The van der Waals surface area contributed by atoms with Crippen LogP contribution in [0.4, 0.5) is 5.82 Å². The summed E-state index contributed by atoms with van der Waals surface area (Å²) in [6, 6.07) is 0. The second-order valence-electron chi connectivity index (χ2n) is 4.98. The summed E-state index contributed by atoms with van der Waals surface area (Å²) in [5, 5.41) is 2.06. The van der Waals surface area contributed by atoms with Gasteiger partial charge >= 0.3 is 0 Å². The monoisotopic (exact) mass is 264 g/mol. The number of imidazole rings is 1. The molecule has 1 saturated carbocycles. The van der Waals surface area contributed by atoms with Gasteiger partial charge in [-0.25, -0.2) is 4.98 Å². The standard InChI is InChI=1S/C13H20N4S/c1-2-16(9-10-4-3-5-10)12-11(8-14)17-6-7-18-13(17)15-12/h6-7,10H,2-5,8-9,14H2,1H3. The van der Waals surface area contributed by atoms with E-state index >= 15 is 0 Å². The number of fused-ring (bicyclic) bond motifs is 1.